The van der Waals surface area contributed by atoms with Gasteiger partial charge >= 0.3 is 0 Å². The molecule has 0 rings (SSSR count). The molecule has 0 aromatic carbocycles. The maximum atomic E-state index is 4.99. The summed E-state index contributed by atoms with van der Waals surface area (Å²) >= 11 is 0. The zero-order valence-corrected chi connectivity index (χ0v) is 8.58. The summed E-state index contributed by atoms with van der Waals surface area (Å²) in [7, 11) is 1.71. The minimum atomic E-state index is -0.648. The van der Waals surface area contributed by atoms with Crippen LogP contribution >= 0.6 is 0 Å². The van der Waals surface area contributed by atoms with E-state index < -0.39 is 5.54 Å². The van der Waals surface area contributed by atoms with E-state index in [0.29, 0.717) is 0 Å². The van der Waals surface area contributed by atoms with E-state index in [-0.39, 0.29) is 19.8 Å². The molecule has 0 spiro atoms. The van der Waals surface area contributed by atoms with Gasteiger partial charge in [0.2, 0.25) is 0 Å². The average Bonchev–Trinajstić information content (AvgIpc) is 2.29. The van der Waals surface area contributed by atoms with Crippen LogP contribution in [0.25, 0.3) is 0 Å². The summed E-state index contributed by atoms with van der Waals surface area (Å²) in [6, 6.07) is 0. The van der Waals surface area contributed by atoms with E-state index in [1.807, 2.05) is 0 Å². The lowest BCUT2D eigenvalue weighted by atomic mass is 10.0. The largest absolute Gasteiger partial charge is 0.445 e. The first kappa shape index (κ1) is 13.0. The molecule has 0 bridgehead atoms. The van der Waals surface area contributed by atoms with Crippen molar-refractivity contribution in [2.75, 3.05) is 26.9 Å². The van der Waals surface area contributed by atoms with Crippen molar-refractivity contribution < 1.29 is 14.2 Å². The molecule has 0 unspecified atom stereocenters. The Hall–Kier alpha value is -1.96. The second kappa shape index (κ2) is 7.44. The minimum absolute atomic E-state index is 0.184. The fourth-order valence-corrected chi connectivity index (χ4v) is 0.881. The lowest BCUT2D eigenvalue weighted by Crippen LogP contribution is -2.54. The van der Waals surface area contributed by atoms with Crippen molar-refractivity contribution in [2.24, 2.45) is 0 Å². The smallest absolute Gasteiger partial charge is 0.125 e. The SMILES string of the molecule is C#COCC(COC#C)(COC#C)NC. The van der Waals surface area contributed by atoms with E-state index in [4.69, 9.17) is 33.5 Å². The van der Waals surface area contributed by atoms with Gasteiger partial charge in [-0.2, -0.15) is 0 Å². The van der Waals surface area contributed by atoms with Crippen molar-refractivity contribution in [3.63, 3.8) is 0 Å². The summed E-state index contributed by atoms with van der Waals surface area (Å²) in [5, 5.41) is 2.96. The Bertz CT molecular complexity index is 247. The number of rotatable bonds is 7. The maximum Gasteiger partial charge on any atom is 0.125 e. The Labute approximate surface area is 90.3 Å². The zero-order valence-electron chi connectivity index (χ0n) is 8.58. The molecule has 4 heteroatoms. The topological polar surface area (TPSA) is 39.7 Å². The van der Waals surface area contributed by atoms with Crippen LogP contribution < -0.4 is 5.32 Å². The summed E-state index contributed by atoms with van der Waals surface area (Å²) in [6.07, 6.45) is 21.1. The van der Waals surface area contributed by atoms with Gasteiger partial charge in [0.1, 0.15) is 43.7 Å². The summed E-state index contributed by atoms with van der Waals surface area (Å²) < 4.78 is 14.6. The van der Waals surface area contributed by atoms with E-state index in [1.54, 1.807) is 7.05 Å². The highest BCUT2D eigenvalue weighted by atomic mass is 16.5. The molecule has 0 aliphatic rings. The molecule has 0 aliphatic carbocycles. The lowest BCUT2D eigenvalue weighted by Gasteiger charge is -2.29. The molecule has 0 saturated carbocycles. The van der Waals surface area contributed by atoms with Crippen LogP contribution in [0.4, 0.5) is 0 Å². The zero-order chi connectivity index (χ0) is 11.6. The van der Waals surface area contributed by atoms with Gasteiger partial charge in [0, 0.05) is 0 Å². The summed E-state index contributed by atoms with van der Waals surface area (Å²) in [5.41, 5.74) is -0.648. The first-order valence-corrected chi connectivity index (χ1v) is 4.16. The average molecular weight is 207 g/mol. The first-order chi connectivity index (χ1) is 7.24. The lowest BCUT2D eigenvalue weighted by molar-refractivity contribution is 0.0457. The van der Waals surface area contributed by atoms with Gasteiger partial charge in [-0.1, -0.05) is 19.3 Å². The van der Waals surface area contributed by atoms with Gasteiger partial charge in [0.05, 0.1) is 0 Å². The fourth-order valence-electron chi connectivity index (χ4n) is 0.881. The number of hydrogen-bond acceptors (Lipinski definition) is 4. The van der Waals surface area contributed by atoms with Gasteiger partial charge in [-0.25, -0.2) is 0 Å². The molecule has 0 heterocycles. The van der Waals surface area contributed by atoms with Crippen LogP contribution in [-0.4, -0.2) is 32.4 Å². The second-order valence-electron chi connectivity index (χ2n) is 2.75. The van der Waals surface area contributed by atoms with Crippen molar-refractivity contribution in [1.82, 2.24) is 5.32 Å². The third-order valence-electron chi connectivity index (χ3n) is 1.83. The number of likely N-dealkylation sites (N-methyl/N-ethyl adjacent to an activating group) is 1. The molecule has 4 nitrogen and oxygen atoms in total. The van der Waals surface area contributed by atoms with Crippen molar-refractivity contribution in [3.05, 3.63) is 0 Å². The highest BCUT2D eigenvalue weighted by molar-refractivity contribution is 4.91. The van der Waals surface area contributed by atoms with E-state index in [9.17, 15) is 0 Å². The van der Waals surface area contributed by atoms with E-state index >= 15 is 0 Å². The van der Waals surface area contributed by atoms with Crippen LogP contribution in [0.2, 0.25) is 0 Å². The van der Waals surface area contributed by atoms with Gasteiger partial charge in [-0.3, -0.25) is 0 Å². The molecule has 15 heavy (non-hydrogen) atoms. The molecular weight excluding hydrogens is 194 g/mol. The highest BCUT2D eigenvalue weighted by Crippen LogP contribution is 2.06. The van der Waals surface area contributed by atoms with Crippen molar-refractivity contribution in [2.45, 2.75) is 5.54 Å². The Morgan fingerprint density at radius 3 is 1.47 bits per heavy atom. The standard InChI is InChI=1S/C11H13NO3/c1-5-13-8-11(12-4,9-14-6-2)10-15-7-3/h1-3,12H,8-10H2,4H3. The van der Waals surface area contributed by atoms with Crippen LogP contribution in [0, 0.1) is 37.6 Å². The van der Waals surface area contributed by atoms with Crippen LogP contribution in [0.15, 0.2) is 0 Å². The Morgan fingerprint density at radius 2 is 1.27 bits per heavy atom. The highest BCUT2D eigenvalue weighted by Gasteiger charge is 2.31. The van der Waals surface area contributed by atoms with Crippen LogP contribution in [0.1, 0.15) is 0 Å². The number of hydrogen-bond donors (Lipinski definition) is 1. The second-order valence-corrected chi connectivity index (χ2v) is 2.75. The molecule has 0 fully saturated rings. The monoisotopic (exact) mass is 207 g/mol. The van der Waals surface area contributed by atoms with Gasteiger partial charge in [0.25, 0.3) is 0 Å². The van der Waals surface area contributed by atoms with Crippen LogP contribution in [-0.2, 0) is 14.2 Å². The molecule has 80 valence electrons. The molecule has 0 aromatic rings. The molecule has 0 aromatic heterocycles. The van der Waals surface area contributed by atoms with Gasteiger partial charge in [0.15, 0.2) is 0 Å². The number of nitrogens with one attached hydrogen (secondary N) is 1. The molecule has 0 saturated heterocycles. The molecule has 0 radical (unpaired) electrons. The quantitative estimate of drug-likeness (QED) is 0.585. The Kier molecular flexibility index (Phi) is 6.47. The fraction of sp³-hybridized carbons (Fsp3) is 0.455. The maximum absolute atomic E-state index is 4.99. The minimum Gasteiger partial charge on any atom is -0.445 e. The Morgan fingerprint density at radius 1 is 0.933 bits per heavy atom. The summed E-state index contributed by atoms with van der Waals surface area (Å²) in [6.45, 7) is 0.552. The van der Waals surface area contributed by atoms with E-state index in [2.05, 4.69) is 23.6 Å². The normalized spacial score (nSPS) is 9.20. The third kappa shape index (κ3) is 4.72. The first-order valence-electron chi connectivity index (χ1n) is 4.16. The van der Waals surface area contributed by atoms with Crippen LogP contribution in [0.5, 0.6) is 0 Å². The Balaban J connectivity index is 4.40. The van der Waals surface area contributed by atoms with Crippen molar-refractivity contribution in [3.8, 4) is 37.6 Å². The molecular formula is C11H13NO3. The number of ether oxygens (including phenoxy) is 3. The van der Waals surface area contributed by atoms with E-state index in [0.717, 1.165) is 0 Å². The predicted octanol–water partition coefficient (Wildman–Crippen LogP) is -0.233. The number of terminal acetylenes is 3. The molecule has 1 N–H and O–H groups in total. The molecule has 0 aliphatic heterocycles. The van der Waals surface area contributed by atoms with Gasteiger partial charge in [-0.15, -0.1) is 0 Å². The van der Waals surface area contributed by atoms with Gasteiger partial charge in [-0.05, 0) is 7.05 Å². The predicted molar refractivity (Wildman–Crippen MR) is 56.1 cm³/mol. The van der Waals surface area contributed by atoms with Crippen molar-refractivity contribution in [1.29, 1.82) is 0 Å². The third-order valence-corrected chi connectivity index (χ3v) is 1.83. The van der Waals surface area contributed by atoms with Crippen molar-refractivity contribution >= 4 is 0 Å². The summed E-state index contributed by atoms with van der Waals surface area (Å²) in [5.74, 6) is 0. The van der Waals surface area contributed by atoms with Gasteiger partial charge < -0.3 is 19.5 Å². The molecule has 0 amide bonds. The van der Waals surface area contributed by atoms with Crippen LogP contribution in [0.3, 0.4) is 0 Å². The summed E-state index contributed by atoms with van der Waals surface area (Å²) in [4.78, 5) is 0. The van der Waals surface area contributed by atoms with E-state index in [1.165, 1.54) is 0 Å². The molecule has 0 atom stereocenters.